The van der Waals surface area contributed by atoms with Gasteiger partial charge in [0.1, 0.15) is 0 Å². The van der Waals surface area contributed by atoms with E-state index in [1.165, 1.54) is 12.1 Å². The standard InChI is InChI=1S/C13H11BrF3NO/c1-7(2)19-12-11(14)10(13(15,16)17)8-5-3-4-6-9(8)18-12/h3-7H,1-2H3. The summed E-state index contributed by atoms with van der Waals surface area (Å²) in [6.07, 6.45) is -4.73. The monoisotopic (exact) mass is 333 g/mol. The zero-order chi connectivity index (χ0) is 14.2. The maximum atomic E-state index is 13.2. The largest absolute Gasteiger partial charge is 0.474 e. The third-order valence-electron chi connectivity index (χ3n) is 2.43. The van der Waals surface area contributed by atoms with E-state index in [4.69, 9.17) is 4.74 Å². The van der Waals surface area contributed by atoms with Crippen molar-refractivity contribution in [2.24, 2.45) is 0 Å². The van der Waals surface area contributed by atoms with Gasteiger partial charge in [-0.3, -0.25) is 0 Å². The van der Waals surface area contributed by atoms with Crippen molar-refractivity contribution in [1.82, 2.24) is 4.98 Å². The van der Waals surface area contributed by atoms with Crippen LogP contribution in [0.25, 0.3) is 10.9 Å². The van der Waals surface area contributed by atoms with Crippen LogP contribution in [0.2, 0.25) is 0 Å². The first kappa shape index (κ1) is 14.1. The van der Waals surface area contributed by atoms with Crippen LogP contribution in [0, 0.1) is 0 Å². The van der Waals surface area contributed by atoms with Gasteiger partial charge in [0.25, 0.3) is 0 Å². The second kappa shape index (κ2) is 5.00. The van der Waals surface area contributed by atoms with Gasteiger partial charge in [-0.2, -0.15) is 13.2 Å². The molecular formula is C13H11BrF3NO. The molecule has 1 heterocycles. The van der Waals surface area contributed by atoms with Gasteiger partial charge < -0.3 is 4.74 Å². The van der Waals surface area contributed by atoms with Crippen molar-refractivity contribution < 1.29 is 17.9 Å². The zero-order valence-corrected chi connectivity index (χ0v) is 11.8. The van der Waals surface area contributed by atoms with E-state index in [2.05, 4.69) is 20.9 Å². The highest BCUT2D eigenvalue weighted by molar-refractivity contribution is 9.10. The molecule has 0 N–H and O–H groups in total. The Balaban J connectivity index is 2.77. The molecular weight excluding hydrogens is 323 g/mol. The number of fused-ring (bicyclic) bond motifs is 1. The summed E-state index contributed by atoms with van der Waals surface area (Å²) in [4.78, 5) is 4.12. The number of rotatable bonds is 2. The Morgan fingerprint density at radius 2 is 1.84 bits per heavy atom. The molecule has 6 heteroatoms. The lowest BCUT2D eigenvalue weighted by Gasteiger charge is -2.17. The highest BCUT2D eigenvalue weighted by Gasteiger charge is 2.37. The average Bonchev–Trinajstić information content (AvgIpc) is 2.27. The van der Waals surface area contributed by atoms with E-state index in [1.807, 2.05) is 0 Å². The van der Waals surface area contributed by atoms with E-state index < -0.39 is 11.7 Å². The summed E-state index contributed by atoms with van der Waals surface area (Å²) < 4.78 is 44.7. The Kier molecular flexibility index (Phi) is 3.71. The quantitative estimate of drug-likeness (QED) is 0.787. The van der Waals surface area contributed by atoms with Crippen molar-refractivity contribution in [2.75, 3.05) is 0 Å². The Morgan fingerprint density at radius 3 is 2.42 bits per heavy atom. The van der Waals surface area contributed by atoms with Crippen molar-refractivity contribution in [3.8, 4) is 5.88 Å². The summed E-state index contributed by atoms with van der Waals surface area (Å²) in [5, 5.41) is 0.0537. The van der Waals surface area contributed by atoms with Crippen LogP contribution in [0.3, 0.4) is 0 Å². The first-order chi connectivity index (χ1) is 8.80. The number of halogens is 4. The molecule has 0 saturated carbocycles. The first-order valence-corrected chi connectivity index (χ1v) is 6.42. The second-order valence-corrected chi connectivity index (χ2v) is 5.08. The summed E-state index contributed by atoms with van der Waals surface area (Å²) in [5.41, 5.74) is -0.498. The number of benzene rings is 1. The van der Waals surface area contributed by atoms with Gasteiger partial charge in [-0.1, -0.05) is 18.2 Å². The molecule has 0 atom stereocenters. The molecule has 0 radical (unpaired) electrons. The lowest BCUT2D eigenvalue weighted by Crippen LogP contribution is -2.12. The molecule has 102 valence electrons. The molecule has 2 rings (SSSR count). The minimum atomic E-state index is -4.48. The lowest BCUT2D eigenvalue weighted by atomic mass is 10.1. The fraction of sp³-hybridized carbons (Fsp3) is 0.308. The van der Waals surface area contributed by atoms with Gasteiger partial charge in [-0.25, -0.2) is 4.98 Å². The normalized spacial score (nSPS) is 12.2. The predicted octanol–water partition coefficient (Wildman–Crippen LogP) is 4.80. The van der Waals surface area contributed by atoms with Gasteiger partial charge >= 0.3 is 6.18 Å². The summed E-state index contributed by atoms with van der Waals surface area (Å²) >= 11 is 2.96. The Labute approximate surface area is 116 Å². The number of nitrogens with zero attached hydrogens (tertiary/aromatic N) is 1. The van der Waals surface area contributed by atoms with Crippen molar-refractivity contribution in [1.29, 1.82) is 0 Å². The molecule has 0 bridgehead atoms. The molecule has 0 amide bonds. The molecule has 2 aromatic rings. The van der Waals surface area contributed by atoms with E-state index in [9.17, 15) is 13.2 Å². The molecule has 0 saturated heterocycles. The minimum absolute atomic E-state index is 0.0407. The summed E-state index contributed by atoms with van der Waals surface area (Å²) in [5.74, 6) is -0.0407. The Hall–Kier alpha value is -1.30. The summed E-state index contributed by atoms with van der Waals surface area (Å²) in [7, 11) is 0. The topological polar surface area (TPSA) is 22.1 Å². The molecule has 2 nitrogen and oxygen atoms in total. The second-order valence-electron chi connectivity index (χ2n) is 4.29. The number of aromatic nitrogens is 1. The van der Waals surface area contributed by atoms with Crippen LogP contribution in [-0.2, 0) is 6.18 Å². The molecule has 1 aromatic carbocycles. The highest BCUT2D eigenvalue weighted by Crippen LogP contribution is 2.43. The number of pyridine rings is 1. The molecule has 0 aliphatic carbocycles. The zero-order valence-electron chi connectivity index (χ0n) is 10.3. The molecule has 0 aliphatic rings. The fourth-order valence-corrected chi connectivity index (χ4v) is 2.37. The number of hydrogen-bond acceptors (Lipinski definition) is 2. The van der Waals surface area contributed by atoms with Crippen molar-refractivity contribution in [2.45, 2.75) is 26.1 Å². The Bertz CT molecular complexity index is 611. The first-order valence-electron chi connectivity index (χ1n) is 5.63. The van der Waals surface area contributed by atoms with Gasteiger partial charge in [0, 0.05) is 5.39 Å². The predicted molar refractivity (Wildman–Crippen MR) is 70.2 cm³/mol. The maximum absolute atomic E-state index is 13.2. The van der Waals surface area contributed by atoms with E-state index >= 15 is 0 Å². The van der Waals surface area contributed by atoms with Crippen LogP contribution in [0.5, 0.6) is 5.88 Å². The highest BCUT2D eigenvalue weighted by atomic mass is 79.9. The van der Waals surface area contributed by atoms with Crippen molar-refractivity contribution >= 4 is 26.8 Å². The number of alkyl halides is 3. The maximum Gasteiger partial charge on any atom is 0.418 e. The van der Waals surface area contributed by atoms with Gasteiger partial charge in [0.05, 0.1) is 21.7 Å². The summed E-state index contributed by atoms with van der Waals surface area (Å²) in [6.45, 7) is 3.47. The molecule has 0 fully saturated rings. The minimum Gasteiger partial charge on any atom is -0.474 e. The summed E-state index contributed by atoms with van der Waals surface area (Å²) in [6, 6.07) is 6.12. The molecule has 0 unspecified atom stereocenters. The van der Waals surface area contributed by atoms with Gasteiger partial charge in [0.2, 0.25) is 5.88 Å². The smallest absolute Gasteiger partial charge is 0.418 e. The number of para-hydroxylation sites is 1. The lowest BCUT2D eigenvalue weighted by molar-refractivity contribution is -0.137. The van der Waals surface area contributed by atoms with E-state index in [0.717, 1.165) is 0 Å². The third-order valence-corrected chi connectivity index (χ3v) is 3.17. The number of hydrogen-bond donors (Lipinski definition) is 0. The van der Waals surface area contributed by atoms with Crippen LogP contribution in [-0.4, -0.2) is 11.1 Å². The fourth-order valence-electron chi connectivity index (χ4n) is 1.74. The molecule has 0 aliphatic heterocycles. The van der Waals surface area contributed by atoms with E-state index in [0.29, 0.717) is 0 Å². The SMILES string of the molecule is CC(C)Oc1nc2ccccc2c(C(F)(F)F)c1Br. The van der Waals surface area contributed by atoms with Crippen molar-refractivity contribution in [3.05, 3.63) is 34.3 Å². The third kappa shape index (κ3) is 2.83. The molecule has 19 heavy (non-hydrogen) atoms. The van der Waals surface area contributed by atoms with Crippen molar-refractivity contribution in [3.63, 3.8) is 0 Å². The molecule has 1 aromatic heterocycles. The Morgan fingerprint density at radius 1 is 1.21 bits per heavy atom. The van der Waals surface area contributed by atoms with Gasteiger partial charge in [-0.05, 0) is 35.8 Å². The van der Waals surface area contributed by atoms with Gasteiger partial charge in [0.15, 0.2) is 0 Å². The molecule has 0 spiro atoms. The van der Waals surface area contributed by atoms with Crippen LogP contribution < -0.4 is 4.74 Å². The van der Waals surface area contributed by atoms with Gasteiger partial charge in [-0.15, -0.1) is 0 Å². The van der Waals surface area contributed by atoms with E-state index in [1.54, 1.807) is 26.0 Å². The van der Waals surface area contributed by atoms with Crippen LogP contribution in [0.4, 0.5) is 13.2 Å². The van der Waals surface area contributed by atoms with Crippen LogP contribution in [0.1, 0.15) is 19.4 Å². The van der Waals surface area contributed by atoms with E-state index in [-0.39, 0.29) is 27.4 Å². The number of ether oxygens (including phenoxy) is 1. The van der Waals surface area contributed by atoms with Crippen LogP contribution >= 0.6 is 15.9 Å². The average molecular weight is 334 g/mol. The van der Waals surface area contributed by atoms with Crippen LogP contribution in [0.15, 0.2) is 28.7 Å².